The highest BCUT2D eigenvalue weighted by Gasteiger charge is 2.21. The van der Waals surface area contributed by atoms with Crippen LogP contribution in [0.2, 0.25) is 0 Å². The van der Waals surface area contributed by atoms with Gasteiger partial charge in [-0.2, -0.15) is 0 Å². The van der Waals surface area contributed by atoms with Crippen molar-refractivity contribution in [2.24, 2.45) is 0 Å². The molecule has 4 rings (SSSR count). The van der Waals surface area contributed by atoms with Gasteiger partial charge in [-0.05, 0) is 18.2 Å². The molecule has 0 saturated heterocycles. The normalized spacial score (nSPS) is 10.8. The van der Waals surface area contributed by atoms with Crippen LogP contribution < -0.4 is 4.74 Å². The molecule has 0 amide bonds. The molecule has 33 heavy (non-hydrogen) atoms. The number of Topliss-reactive ketones (excluding diaryl/α,β-unsaturated/α-hetero) is 2. The van der Waals surface area contributed by atoms with Gasteiger partial charge in [0.25, 0.3) is 0 Å². The Morgan fingerprint density at radius 1 is 0.667 bits per heavy atom. The van der Waals surface area contributed by atoms with Crippen LogP contribution in [0.5, 0.6) is 11.5 Å². The first-order valence-electron chi connectivity index (χ1n) is 11.1. The molecule has 4 aromatic carbocycles. The van der Waals surface area contributed by atoms with Gasteiger partial charge in [0.1, 0.15) is 11.5 Å². The van der Waals surface area contributed by atoms with Crippen molar-refractivity contribution in [3.05, 3.63) is 107 Å². The number of aryl methyl sites for hydroxylation is 1. The van der Waals surface area contributed by atoms with Crippen molar-refractivity contribution in [3.63, 3.8) is 0 Å². The number of methoxy groups -OCH3 is 1. The minimum Gasteiger partial charge on any atom is -0.507 e. The zero-order valence-electron chi connectivity index (χ0n) is 18.6. The van der Waals surface area contributed by atoms with E-state index in [4.69, 9.17) is 4.74 Å². The largest absolute Gasteiger partial charge is 0.507 e. The lowest BCUT2D eigenvalue weighted by molar-refractivity contribution is 0.0975. The Morgan fingerprint density at radius 2 is 1.12 bits per heavy atom. The molecule has 0 atom stereocenters. The van der Waals surface area contributed by atoms with Crippen LogP contribution in [0, 0.1) is 0 Å². The van der Waals surface area contributed by atoms with Crippen LogP contribution >= 0.6 is 0 Å². The average Bonchev–Trinajstić information content (AvgIpc) is 2.88. The molecule has 0 aliphatic rings. The molecule has 4 aromatic rings. The van der Waals surface area contributed by atoms with E-state index >= 15 is 0 Å². The molecule has 0 fully saturated rings. The predicted octanol–water partition coefficient (Wildman–Crippen LogP) is 6.19. The SMILES string of the molecule is COc1c(CCC(=O)c2ccccc2)c(O)c2ccccc2c1CCC(=O)c1ccccc1. The van der Waals surface area contributed by atoms with Gasteiger partial charge in [0, 0.05) is 40.5 Å². The van der Waals surface area contributed by atoms with Crippen LogP contribution in [0.4, 0.5) is 0 Å². The monoisotopic (exact) mass is 438 g/mol. The van der Waals surface area contributed by atoms with E-state index in [0.717, 1.165) is 10.9 Å². The third-order valence-corrected chi connectivity index (χ3v) is 5.94. The molecule has 0 aliphatic heterocycles. The van der Waals surface area contributed by atoms with E-state index in [1.54, 1.807) is 19.2 Å². The first kappa shape index (κ1) is 22.3. The van der Waals surface area contributed by atoms with E-state index in [0.29, 0.717) is 47.1 Å². The molecule has 0 saturated carbocycles. The molecule has 4 heteroatoms. The van der Waals surface area contributed by atoms with Gasteiger partial charge in [-0.1, -0.05) is 84.9 Å². The average molecular weight is 439 g/mol. The molecule has 1 N–H and O–H groups in total. The number of aromatic hydroxyl groups is 1. The molecular weight excluding hydrogens is 412 g/mol. The zero-order valence-corrected chi connectivity index (χ0v) is 18.6. The molecule has 4 nitrogen and oxygen atoms in total. The first-order valence-corrected chi connectivity index (χ1v) is 11.1. The van der Waals surface area contributed by atoms with Crippen LogP contribution in [-0.4, -0.2) is 23.8 Å². The Kier molecular flexibility index (Phi) is 6.84. The molecule has 0 heterocycles. The van der Waals surface area contributed by atoms with Crippen molar-refractivity contribution in [2.45, 2.75) is 25.7 Å². The summed E-state index contributed by atoms with van der Waals surface area (Å²) in [4.78, 5) is 25.4. The molecular formula is C29H26O4. The highest BCUT2D eigenvalue weighted by Crippen LogP contribution is 2.41. The van der Waals surface area contributed by atoms with E-state index in [2.05, 4.69) is 0 Å². The minimum atomic E-state index is 0.00557. The highest BCUT2D eigenvalue weighted by atomic mass is 16.5. The molecule has 166 valence electrons. The number of hydrogen-bond donors (Lipinski definition) is 1. The predicted molar refractivity (Wildman–Crippen MR) is 130 cm³/mol. The molecule has 0 aliphatic carbocycles. The molecule has 0 aromatic heterocycles. The number of fused-ring (bicyclic) bond motifs is 1. The van der Waals surface area contributed by atoms with Crippen LogP contribution in [-0.2, 0) is 12.8 Å². The second-order valence-corrected chi connectivity index (χ2v) is 7.96. The van der Waals surface area contributed by atoms with Crippen molar-refractivity contribution in [1.82, 2.24) is 0 Å². The third-order valence-electron chi connectivity index (χ3n) is 5.94. The maximum absolute atomic E-state index is 12.7. The number of carbonyl (C=O) groups is 2. The van der Waals surface area contributed by atoms with E-state index in [1.165, 1.54) is 0 Å². The number of carbonyl (C=O) groups excluding carboxylic acids is 2. The summed E-state index contributed by atoms with van der Waals surface area (Å²) in [7, 11) is 1.56. The number of rotatable bonds is 9. The topological polar surface area (TPSA) is 63.6 Å². The van der Waals surface area contributed by atoms with Crippen molar-refractivity contribution in [3.8, 4) is 11.5 Å². The Bertz CT molecular complexity index is 1280. The van der Waals surface area contributed by atoms with E-state index < -0.39 is 0 Å². The molecule has 0 unspecified atom stereocenters. The summed E-state index contributed by atoms with van der Waals surface area (Å²) >= 11 is 0. The fourth-order valence-corrected chi connectivity index (χ4v) is 4.27. The van der Waals surface area contributed by atoms with Crippen LogP contribution in [0.3, 0.4) is 0 Å². The van der Waals surface area contributed by atoms with Crippen molar-refractivity contribution >= 4 is 22.3 Å². The Balaban J connectivity index is 1.67. The first-order chi connectivity index (χ1) is 16.1. The quantitative estimate of drug-likeness (QED) is 0.317. The lowest BCUT2D eigenvalue weighted by atomic mass is 9.91. The Labute approximate surface area is 193 Å². The Hall–Kier alpha value is -3.92. The molecule has 0 spiro atoms. The fraction of sp³-hybridized carbons (Fsp3) is 0.172. The minimum absolute atomic E-state index is 0.00557. The number of hydrogen-bond acceptors (Lipinski definition) is 4. The van der Waals surface area contributed by atoms with Crippen LogP contribution in [0.25, 0.3) is 10.8 Å². The van der Waals surface area contributed by atoms with Gasteiger partial charge in [-0.3, -0.25) is 9.59 Å². The van der Waals surface area contributed by atoms with Gasteiger partial charge < -0.3 is 9.84 Å². The number of benzene rings is 4. The second-order valence-electron chi connectivity index (χ2n) is 7.96. The highest BCUT2D eigenvalue weighted by molar-refractivity contribution is 5.99. The third kappa shape index (κ3) is 4.80. The zero-order chi connectivity index (χ0) is 23.2. The molecule has 0 bridgehead atoms. The van der Waals surface area contributed by atoms with Gasteiger partial charge >= 0.3 is 0 Å². The van der Waals surface area contributed by atoms with Crippen LogP contribution in [0.15, 0.2) is 84.9 Å². The van der Waals surface area contributed by atoms with Crippen molar-refractivity contribution < 1.29 is 19.4 Å². The number of phenols is 1. The summed E-state index contributed by atoms with van der Waals surface area (Å²) in [6, 6.07) is 25.9. The number of ether oxygens (including phenoxy) is 1. The van der Waals surface area contributed by atoms with Gasteiger partial charge in [0.15, 0.2) is 11.6 Å². The summed E-state index contributed by atoms with van der Waals surface area (Å²) < 4.78 is 5.76. The number of phenolic OH excluding ortho intramolecular Hbond substituents is 1. The smallest absolute Gasteiger partial charge is 0.163 e. The number of ketones is 2. The van der Waals surface area contributed by atoms with E-state index in [9.17, 15) is 14.7 Å². The van der Waals surface area contributed by atoms with Crippen molar-refractivity contribution in [1.29, 1.82) is 0 Å². The lowest BCUT2D eigenvalue weighted by Crippen LogP contribution is -2.07. The maximum atomic E-state index is 12.7. The van der Waals surface area contributed by atoms with Gasteiger partial charge in [-0.25, -0.2) is 0 Å². The van der Waals surface area contributed by atoms with Gasteiger partial charge in [0.2, 0.25) is 0 Å². The van der Waals surface area contributed by atoms with E-state index in [1.807, 2.05) is 72.8 Å². The summed E-state index contributed by atoms with van der Waals surface area (Å²) in [6.07, 6.45) is 1.37. The van der Waals surface area contributed by atoms with Crippen LogP contribution in [0.1, 0.15) is 44.7 Å². The summed E-state index contributed by atoms with van der Waals surface area (Å²) in [5.41, 5.74) is 2.79. The Morgan fingerprint density at radius 3 is 1.64 bits per heavy atom. The van der Waals surface area contributed by atoms with Crippen molar-refractivity contribution in [2.75, 3.05) is 7.11 Å². The summed E-state index contributed by atoms with van der Waals surface area (Å²) in [5.74, 6) is 0.732. The second kappa shape index (κ2) is 10.1. The molecule has 0 radical (unpaired) electrons. The van der Waals surface area contributed by atoms with Gasteiger partial charge in [-0.15, -0.1) is 0 Å². The summed E-state index contributed by atoms with van der Waals surface area (Å²) in [6.45, 7) is 0. The van der Waals surface area contributed by atoms with Gasteiger partial charge in [0.05, 0.1) is 7.11 Å². The lowest BCUT2D eigenvalue weighted by Gasteiger charge is -2.19. The summed E-state index contributed by atoms with van der Waals surface area (Å²) in [5, 5.41) is 12.6. The maximum Gasteiger partial charge on any atom is 0.163 e. The van der Waals surface area contributed by atoms with E-state index in [-0.39, 0.29) is 23.7 Å². The standard InChI is InChI=1S/C29H26O4/c1-33-29-24(16-18-26(30)20-10-4-2-5-11-20)22-14-8-9-15-23(22)28(32)25(29)17-19-27(31)21-12-6-3-7-13-21/h2-15,32H,16-19H2,1H3. The fourth-order valence-electron chi connectivity index (χ4n) is 4.27.